The molecule has 0 amide bonds. The number of rotatable bonds is 3. The molecule has 0 spiro atoms. The predicted molar refractivity (Wildman–Crippen MR) is 81.1 cm³/mol. The average Bonchev–Trinajstić information content (AvgIpc) is 2.38. The van der Waals surface area contributed by atoms with Gasteiger partial charge in [0.2, 0.25) is 0 Å². The Balaban J connectivity index is 0.00000220. The highest BCUT2D eigenvalue weighted by atomic mass is 35.5. The second-order valence-electron chi connectivity index (χ2n) is 5.24. The van der Waals surface area contributed by atoms with Crippen LogP contribution in [0.4, 0.5) is 13.2 Å². The van der Waals surface area contributed by atoms with Gasteiger partial charge in [0.1, 0.15) is 0 Å². The number of piperidine rings is 1. The number of hydrogen-bond donors (Lipinski definition) is 1. The number of benzene rings is 1. The van der Waals surface area contributed by atoms with Crippen molar-refractivity contribution in [1.82, 2.24) is 10.2 Å². The zero-order valence-corrected chi connectivity index (χ0v) is 13.3. The van der Waals surface area contributed by atoms with Crippen molar-refractivity contribution in [1.29, 1.82) is 0 Å². The maximum absolute atomic E-state index is 12.8. The summed E-state index contributed by atoms with van der Waals surface area (Å²) in [5, 5.41) is 3.41. The second-order valence-corrected chi connectivity index (χ2v) is 5.68. The molecule has 7 heteroatoms. The molecule has 1 aliphatic rings. The normalized spacial score (nSPS) is 16.9. The molecule has 0 aromatic heterocycles. The van der Waals surface area contributed by atoms with Gasteiger partial charge in [-0.1, -0.05) is 11.6 Å². The molecule has 1 aliphatic heterocycles. The Bertz CT molecular complexity index is 460. The summed E-state index contributed by atoms with van der Waals surface area (Å²) in [5.41, 5.74) is -0.0791. The largest absolute Gasteiger partial charge is 0.416 e. The van der Waals surface area contributed by atoms with Gasteiger partial charge in [-0.15, -0.1) is 12.4 Å². The van der Waals surface area contributed by atoms with Crippen molar-refractivity contribution >= 4 is 24.0 Å². The summed E-state index contributed by atoms with van der Waals surface area (Å²) >= 11 is 5.80. The van der Waals surface area contributed by atoms with Gasteiger partial charge in [0.25, 0.3) is 0 Å². The van der Waals surface area contributed by atoms with Gasteiger partial charge in [-0.05, 0) is 56.7 Å². The molecule has 0 radical (unpaired) electrons. The smallest absolute Gasteiger partial charge is 0.317 e. The highest BCUT2D eigenvalue weighted by Gasteiger charge is 2.31. The molecule has 1 fully saturated rings. The van der Waals surface area contributed by atoms with Crippen LogP contribution in [0.1, 0.15) is 24.0 Å². The van der Waals surface area contributed by atoms with Gasteiger partial charge in [0.05, 0.1) is 5.56 Å². The van der Waals surface area contributed by atoms with Crippen LogP contribution in [0.25, 0.3) is 0 Å². The molecular formula is C14H19Cl2F3N2. The van der Waals surface area contributed by atoms with E-state index in [1.165, 1.54) is 6.07 Å². The first-order valence-corrected chi connectivity index (χ1v) is 7.01. The van der Waals surface area contributed by atoms with E-state index >= 15 is 0 Å². The Kier molecular flexibility index (Phi) is 6.78. The SMILES string of the molecule is CN(Cc1cc(Cl)cc(C(F)(F)F)c1)C1CCNCC1.Cl. The van der Waals surface area contributed by atoms with E-state index in [2.05, 4.69) is 10.2 Å². The van der Waals surface area contributed by atoms with Gasteiger partial charge < -0.3 is 5.32 Å². The van der Waals surface area contributed by atoms with Gasteiger partial charge in [-0.2, -0.15) is 13.2 Å². The van der Waals surface area contributed by atoms with Crippen molar-refractivity contribution in [3.05, 3.63) is 34.3 Å². The average molecular weight is 343 g/mol. The maximum atomic E-state index is 12.8. The Hall–Kier alpha value is -0.490. The topological polar surface area (TPSA) is 15.3 Å². The molecule has 0 bridgehead atoms. The fourth-order valence-electron chi connectivity index (χ4n) is 2.57. The van der Waals surface area contributed by atoms with Gasteiger partial charge in [0, 0.05) is 17.6 Å². The van der Waals surface area contributed by atoms with Crippen molar-refractivity contribution in [3.63, 3.8) is 0 Å². The minimum atomic E-state index is -4.35. The zero-order chi connectivity index (χ0) is 14.8. The molecule has 1 aromatic carbocycles. The summed E-state index contributed by atoms with van der Waals surface area (Å²) in [4.78, 5) is 2.10. The number of hydrogen-bond acceptors (Lipinski definition) is 2. The maximum Gasteiger partial charge on any atom is 0.416 e. The van der Waals surface area contributed by atoms with Gasteiger partial charge in [-0.25, -0.2) is 0 Å². The van der Waals surface area contributed by atoms with E-state index < -0.39 is 11.7 Å². The predicted octanol–water partition coefficient (Wildman–Crippen LogP) is 3.96. The lowest BCUT2D eigenvalue weighted by Crippen LogP contribution is -2.40. The van der Waals surface area contributed by atoms with E-state index in [9.17, 15) is 13.2 Å². The highest BCUT2D eigenvalue weighted by molar-refractivity contribution is 6.30. The molecule has 21 heavy (non-hydrogen) atoms. The second kappa shape index (κ2) is 7.68. The molecule has 0 aliphatic carbocycles. The van der Waals surface area contributed by atoms with Crippen LogP contribution < -0.4 is 5.32 Å². The third-order valence-corrected chi connectivity index (χ3v) is 3.87. The summed E-state index contributed by atoms with van der Waals surface area (Å²) < 4.78 is 38.3. The molecule has 1 aromatic rings. The molecule has 1 N–H and O–H groups in total. The fraction of sp³-hybridized carbons (Fsp3) is 0.571. The first-order chi connectivity index (χ1) is 9.36. The Morgan fingerprint density at radius 1 is 1.24 bits per heavy atom. The third-order valence-electron chi connectivity index (χ3n) is 3.65. The van der Waals surface area contributed by atoms with Crippen molar-refractivity contribution in [2.45, 2.75) is 31.6 Å². The summed E-state index contributed by atoms with van der Waals surface area (Å²) in [6.45, 7) is 2.39. The summed E-state index contributed by atoms with van der Waals surface area (Å²) in [5.74, 6) is 0. The standard InChI is InChI=1S/C14H18ClF3N2.ClH/c1-20(13-2-4-19-5-3-13)9-10-6-11(14(16,17)18)8-12(15)7-10;/h6-8,13,19H,2-5,9H2,1H3;1H. The molecule has 2 nitrogen and oxygen atoms in total. The van der Waals surface area contributed by atoms with Crippen LogP contribution in [-0.4, -0.2) is 31.1 Å². The van der Waals surface area contributed by atoms with Crippen LogP contribution in [0, 0.1) is 0 Å². The minimum Gasteiger partial charge on any atom is -0.317 e. The van der Waals surface area contributed by atoms with Crippen molar-refractivity contribution in [2.75, 3.05) is 20.1 Å². The number of alkyl halides is 3. The van der Waals surface area contributed by atoms with Crippen LogP contribution in [0.2, 0.25) is 5.02 Å². The zero-order valence-electron chi connectivity index (χ0n) is 11.7. The summed E-state index contributed by atoms with van der Waals surface area (Å²) in [6.07, 6.45) is -2.32. The molecule has 0 atom stereocenters. The van der Waals surface area contributed by atoms with Crippen LogP contribution in [0.3, 0.4) is 0 Å². The summed E-state index contributed by atoms with van der Waals surface area (Å²) in [7, 11) is 1.95. The molecular weight excluding hydrogens is 324 g/mol. The van der Waals surface area contributed by atoms with Crippen molar-refractivity contribution in [3.8, 4) is 0 Å². The molecule has 120 valence electrons. The monoisotopic (exact) mass is 342 g/mol. The molecule has 1 saturated heterocycles. The van der Waals surface area contributed by atoms with Crippen LogP contribution in [-0.2, 0) is 12.7 Å². The lowest BCUT2D eigenvalue weighted by Gasteiger charge is -2.31. The van der Waals surface area contributed by atoms with E-state index in [0.29, 0.717) is 18.2 Å². The number of nitrogens with one attached hydrogen (secondary N) is 1. The van der Waals surface area contributed by atoms with Crippen molar-refractivity contribution < 1.29 is 13.2 Å². The van der Waals surface area contributed by atoms with Gasteiger partial charge in [0.15, 0.2) is 0 Å². The van der Waals surface area contributed by atoms with Gasteiger partial charge >= 0.3 is 6.18 Å². The first-order valence-electron chi connectivity index (χ1n) is 6.64. The number of halogens is 5. The molecule has 0 unspecified atom stereocenters. The van der Waals surface area contributed by atoms with Crippen molar-refractivity contribution in [2.24, 2.45) is 0 Å². The fourth-order valence-corrected chi connectivity index (χ4v) is 2.83. The van der Waals surface area contributed by atoms with E-state index in [-0.39, 0.29) is 17.4 Å². The van der Waals surface area contributed by atoms with E-state index in [1.807, 2.05) is 7.05 Å². The molecule has 1 heterocycles. The first kappa shape index (κ1) is 18.6. The minimum absolute atomic E-state index is 0. The van der Waals surface area contributed by atoms with E-state index in [0.717, 1.165) is 32.0 Å². The molecule has 0 saturated carbocycles. The van der Waals surface area contributed by atoms with Crippen LogP contribution in [0.5, 0.6) is 0 Å². The Morgan fingerprint density at radius 3 is 2.43 bits per heavy atom. The van der Waals surface area contributed by atoms with Gasteiger partial charge in [-0.3, -0.25) is 4.90 Å². The Morgan fingerprint density at radius 2 is 1.86 bits per heavy atom. The molecule has 2 rings (SSSR count). The quantitative estimate of drug-likeness (QED) is 0.894. The van der Waals surface area contributed by atoms with Crippen LogP contribution in [0.15, 0.2) is 18.2 Å². The summed E-state index contributed by atoms with van der Waals surface area (Å²) in [6, 6.07) is 4.16. The van der Waals surface area contributed by atoms with E-state index in [1.54, 1.807) is 6.07 Å². The van der Waals surface area contributed by atoms with E-state index in [4.69, 9.17) is 11.6 Å². The highest BCUT2D eigenvalue weighted by Crippen LogP contribution is 2.32. The lowest BCUT2D eigenvalue weighted by atomic mass is 10.0. The Labute approximate surface area is 134 Å². The lowest BCUT2D eigenvalue weighted by molar-refractivity contribution is -0.137. The number of nitrogens with zero attached hydrogens (tertiary/aromatic N) is 1. The third kappa shape index (κ3) is 5.33. The van der Waals surface area contributed by atoms with Crippen LogP contribution >= 0.6 is 24.0 Å².